The van der Waals surface area contributed by atoms with Crippen molar-refractivity contribution in [3.8, 4) is 28.6 Å². The summed E-state index contributed by atoms with van der Waals surface area (Å²) in [5.74, 6) is 3.46. The van der Waals surface area contributed by atoms with Crippen molar-refractivity contribution in [3.63, 3.8) is 0 Å². The molecular weight excluding hydrogens is 679 g/mol. The fourth-order valence-electron chi connectivity index (χ4n) is 9.85. The van der Waals surface area contributed by atoms with Crippen molar-refractivity contribution in [2.24, 2.45) is 11.8 Å². The number of imidazole rings is 2. The van der Waals surface area contributed by atoms with Crippen LogP contribution >= 0.6 is 0 Å². The second-order valence-corrected chi connectivity index (χ2v) is 15.5. The molecule has 5 aromatic heterocycles. The van der Waals surface area contributed by atoms with Gasteiger partial charge in [-0.15, -0.1) is 0 Å². The Morgan fingerprint density at radius 3 is 2.47 bits per heavy atom. The van der Waals surface area contributed by atoms with Crippen molar-refractivity contribution in [2.45, 2.75) is 44.9 Å². The molecule has 1 unspecified atom stereocenters. The van der Waals surface area contributed by atoms with E-state index in [1.165, 1.54) is 48.6 Å². The molecule has 0 saturated heterocycles. The molecule has 12 rings (SSSR count). The van der Waals surface area contributed by atoms with Gasteiger partial charge in [-0.05, 0) is 101 Å². The maximum Gasteiger partial charge on any atom is 0.221 e. The number of fused-ring (bicyclic) bond motifs is 11. The molecule has 0 N–H and O–H groups in total. The minimum Gasteiger partial charge on any atom is -0.455 e. The molecule has 0 spiro atoms. The van der Waals surface area contributed by atoms with Gasteiger partial charge < -0.3 is 9.15 Å². The molecule has 0 aliphatic heterocycles. The van der Waals surface area contributed by atoms with E-state index in [4.69, 9.17) is 24.1 Å². The SMILES string of the molecule is c1ccc(-n2c3nc(Oc4cc(-c5nccc6c5CC(C5CCCCC5)C6)c5oc6ccc7ccccc7c6c5c4)ccc3n3c4ccccc4nc23)cc1. The molecule has 0 amide bonds. The number of hydrogen-bond donors (Lipinski definition) is 0. The maximum atomic E-state index is 6.85. The van der Waals surface area contributed by atoms with Crippen LogP contribution in [0.4, 0.5) is 0 Å². The van der Waals surface area contributed by atoms with Gasteiger partial charge in [0.05, 0.1) is 27.9 Å². The molecule has 5 aromatic carbocycles. The monoisotopic (exact) mass is 715 g/mol. The molecule has 266 valence electrons. The molecule has 1 atom stereocenters. The highest BCUT2D eigenvalue weighted by atomic mass is 16.5. The van der Waals surface area contributed by atoms with Crippen LogP contribution < -0.4 is 4.74 Å². The van der Waals surface area contributed by atoms with Crippen molar-refractivity contribution in [1.82, 2.24) is 23.9 Å². The number of furan rings is 1. The first-order valence-electron chi connectivity index (χ1n) is 19.6. The van der Waals surface area contributed by atoms with E-state index in [0.29, 0.717) is 17.5 Å². The zero-order valence-corrected chi connectivity index (χ0v) is 30.3. The van der Waals surface area contributed by atoms with Crippen molar-refractivity contribution in [2.75, 3.05) is 0 Å². The summed E-state index contributed by atoms with van der Waals surface area (Å²) in [7, 11) is 0. The maximum absolute atomic E-state index is 6.85. The van der Waals surface area contributed by atoms with Crippen molar-refractivity contribution in [1.29, 1.82) is 0 Å². The van der Waals surface area contributed by atoms with Crippen molar-refractivity contribution < 1.29 is 9.15 Å². The van der Waals surface area contributed by atoms with E-state index in [9.17, 15) is 0 Å². The number of nitrogens with zero attached hydrogens (tertiary/aromatic N) is 5. The van der Waals surface area contributed by atoms with Gasteiger partial charge >= 0.3 is 0 Å². The van der Waals surface area contributed by atoms with Gasteiger partial charge in [-0.3, -0.25) is 14.0 Å². The number of para-hydroxylation sites is 3. The first-order valence-corrected chi connectivity index (χ1v) is 19.6. The topological polar surface area (TPSA) is 70.4 Å². The van der Waals surface area contributed by atoms with Crippen LogP contribution in [-0.2, 0) is 12.8 Å². The van der Waals surface area contributed by atoms with Crippen LogP contribution in [-0.4, -0.2) is 23.9 Å². The molecule has 10 aromatic rings. The minimum absolute atomic E-state index is 0.501. The quantitative estimate of drug-likeness (QED) is 0.177. The largest absolute Gasteiger partial charge is 0.455 e. The highest BCUT2D eigenvalue weighted by molar-refractivity contribution is 6.21. The predicted molar refractivity (Wildman–Crippen MR) is 219 cm³/mol. The lowest BCUT2D eigenvalue weighted by Gasteiger charge is -2.27. The molecule has 5 heterocycles. The molecule has 2 aliphatic carbocycles. The molecule has 0 bridgehead atoms. The Hall–Kier alpha value is -6.47. The van der Waals surface area contributed by atoms with Crippen LogP contribution in [0, 0.1) is 11.8 Å². The highest BCUT2D eigenvalue weighted by Gasteiger charge is 2.32. The Balaban J connectivity index is 1.05. The van der Waals surface area contributed by atoms with E-state index in [1.54, 1.807) is 0 Å². The van der Waals surface area contributed by atoms with Gasteiger partial charge in [-0.25, -0.2) is 4.98 Å². The van der Waals surface area contributed by atoms with Gasteiger partial charge in [-0.1, -0.05) is 92.8 Å². The van der Waals surface area contributed by atoms with Crippen LogP contribution in [0.2, 0.25) is 0 Å². The Bertz CT molecular complexity index is 3130. The first kappa shape index (κ1) is 30.9. The summed E-state index contributed by atoms with van der Waals surface area (Å²) >= 11 is 0. The predicted octanol–water partition coefficient (Wildman–Crippen LogP) is 12.0. The third-order valence-electron chi connectivity index (χ3n) is 12.4. The van der Waals surface area contributed by atoms with E-state index in [-0.39, 0.29) is 0 Å². The Labute approximate surface area is 316 Å². The minimum atomic E-state index is 0.501. The van der Waals surface area contributed by atoms with E-state index in [0.717, 1.165) is 91.0 Å². The van der Waals surface area contributed by atoms with Gasteiger partial charge in [0.15, 0.2) is 5.65 Å². The molecular formula is C48H37N5O2. The second kappa shape index (κ2) is 12.0. The number of aromatic nitrogens is 5. The van der Waals surface area contributed by atoms with Crippen LogP contribution in [0.1, 0.15) is 43.2 Å². The van der Waals surface area contributed by atoms with E-state index >= 15 is 0 Å². The summed E-state index contributed by atoms with van der Waals surface area (Å²) in [6.45, 7) is 0. The Morgan fingerprint density at radius 1 is 0.691 bits per heavy atom. The summed E-state index contributed by atoms with van der Waals surface area (Å²) in [6.07, 6.45) is 11.0. The number of rotatable bonds is 5. The summed E-state index contributed by atoms with van der Waals surface area (Å²) in [5, 5.41) is 4.42. The number of hydrogen-bond acceptors (Lipinski definition) is 5. The number of benzene rings is 5. The second-order valence-electron chi connectivity index (χ2n) is 15.5. The molecule has 1 fully saturated rings. The molecule has 1 saturated carbocycles. The number of ether oxygens (including phenoxy) is 1. The third-order valence-corrected chi connectivity index (χ3v) is 12.4. The van der Waals surface area contributed by atoms with Crippen molar-refractivity contribution in [3.05, 3.63) is 139 Å². The summed E-state index contributed by atoms with van der Waals surface area (Å²) in [6, 6.07) is 41.8. The normalized spacial score (nSPS) is 16.3. The lowest BCUT2D eigenvalue weighted by Crippen LogP contribution is -2.18. The average Bonchev–Trinajstić information content (AvgIpc) is 4.01. The van der Waals surface area contributed by atoms with Gasteiger partial charge in [-0.2, -0.15) is 4.98 Å². The Morgan fingerprint density at radius 2 is 1.55 bits per heavy atom. The van der Waals surface area contributed by atoms with E-state index in [2.05, 4.69) is 100.0 Å². The zero-order valence-electron chi connectivity index (χ0n) is 30.3. The van der Waals surface area contributed by atoms with Crippen LogP contribution in [0.5, 0.6) is 11.6 Å². The van der Waals surface area contributed by atoms with Crippen LogP contribution in [0.25, 0.3) is 77.6 Å². The molecule has 7 heteroatoms. The van der Waals surface area contributed by atoms with Crippen LogP contribution in [0.3, 0.4) is 0 Å². The van der Waals surface area contributed by atoms with Gasteiger partial charge in [0.25, 0.3) is 0 Å². The number of pyridine rings is 2. The Kier molecular flexibility index (Phi) is 6.76. The fourth-order valence-corrected chi connectivity index (χ4v) is 9.85. The first-order chi connectivity index (χ1) is 27.2. The lowest BCUT2D eigenvalue weighted by molar-refractivity contribution is 0.255. The summed E-state index contributed by atoms with van der Waals surface area (Å²) in [5.41, 5.74) is 11.1. The fraction of sp³-hybridized carbons (Fsp3) is 0.188. The van der Waals surface area contributed by atoms with Gasteiger partial charge in [0.2, 0.25) is 11.7 Å². The standard InChI is InChI=1S/C48H37N5O2/c1-3-11-29(12-4-1)32-25-31-23-24-49-45(36(31)26-32)38-28-34(27-37-44-35-16-8-7-13-30(35)19-21-42(44)55-46(37)38)54-43-22-20-41-47(51-43)52(33-14-5-2-6-15-33)48-50-39-17-9-10-18-40(39)53(41)48/h2,5-10,13-24,27-29,32H,1,3-4,11-12,25-26H2. The van der Waals surface area contributed by atoms with Crippen molar-refractivity contribution >= 4 is 60.7 Å². The molecule has 0 radical (unpaired) electrons. The van der Waals surface area contributed by atoms with E-state index < -0.39 is 0 Å². The highest BCUT2D eigenvalue weighted by Crippen LogP contribution is 2.46. The molecule has 2 aliphatic rings. The third kappa shape index (κ3) is 4.78. The smallest absolute Gasteiger partial charge is 0.221 e. The lowest BCUT2D eigenvalue weighted by atomic mass is 9.78. The van der Waals surface area contributed by atoms with Crippen LogP contribution in [0.15, 0.2) is 132 Å². The zero-order chi connectivity index (χ0) is 36.0. The van der Waals surface area contributed by atoms with E-state index in [1.807, 2.05) is 36.5 Å². The van der Waals surface area contributed by atoms with Gasteiger partial charge in [0, 0.05) is 28.6 Å². The van der Waals surface area contributed by atoms with Gasteiger partial charge in [0.1, 0.15) is 16.9 Å². The molecule has 7 nitrogen and oxygen atoms in total. The summed E-state index contributed by atoms with van der Waals surface area (Å²) < 4.78 is 18.0. The average molecular weight is 716 g/mol. The molecule has 55 heavy (non-hydrogen) atoms. The summed E-state index contributed by atoms with van der Waals surface area (Å²) in [4.78, 5) is 15.4.